The lowest BCUT2D eigenvalue weighted by Crippen LogP contribution is -2.23. The average Bonchev–Trinajstić information content (AvgIpc) is 2.27. The van der Waals surface area contributed by atoms with E-state index in [0.717, 1.165) is 19.4 Å². The van der Waals surface area contributed by atoms with Gasteiger partial charge in [0.15, 0.2) is 0 Å². The summed E-state index contributed by atoms with van der Waals surface area (Å²) in [4.78, 5) is 2.32. The van der Waals surface area contributed by atoms with E-state index in [1.807, 2.05) is 0 Å². The van der Waals surface area contributed by atoms with Crippen LogP contribution in [0.3, 0.4) is 0 Å². The Bertz CT molecular complexity index is 327. The van der Waals surface area contributed by atoms with Gasteiger partial charge in [0.1, 0.15) is 0 Å². The highest BCUT2D eigenvalue weighted by molar-refractivity contribution is 5.50. The van der Waals surface area contributed by atoms with Crippen molar-refractivity contribution in [3.8, 4) is 0 Å². The van der Waals surface area contributed by atoms with Gasteiger partial charge in [-0.2, -0.15) is 0 Å². The molecule has 0 heterocycles. The Morgan fingerprint density at radius 1 is 1.18 bits per heavy atom. The first kappa shape index (κ1) is 14.0. The van der Waals surface area contributed by atoms with Crippen LogP contribution in [-0.4, -0.2) is 19.6 Å². The highest BCUT2D eigenvalue weighted by Gasteiger charge is 2.04. The molecule has 0 bridgehead atoms. The van der Waals surface area contributed by atoms with Gasteiger partial charge >= 0.3 is 0 Å². The SMILES string of the molecule is CCC(N)CCCN(C)c1cc(C)cc(C)c1. The van der Waals surface area contributed by atoms with Gasteiger partial charge in [0.05, 0.1) is 0 Å². The molecule has 0 aliphatic carbocycles. The molecule has 17 heavy (non-hydrogen) atoms. The number of rotatable bonds is 6. The smallest absolute Gasteiger partial charge is 0.0368 e. The van der Waals surface area contributed by atoms with Crippen molar-refractivity contribution < 1.29 is 0 Å². The maximum atomic E-state index is 5.93. The van der Waals surface area contributed by atoms with E-state index in [0.29, 0.717) is 6.04 Å². The summed E-state index contributed by atoms with van der Waals surface area (Å²) in [5.41, 5.74) is 9.90. The molecule has 0 aromatic heterocycles. The van der Waals surface area contributed by atoms with Crippen molar-refractivity contribution in [1.82, 2.24) is 0 Å². The monoisotopic (exact) mass is 234 g/mol. The Hall–Kier alpha value is -1.02. The lowest BCUT2D eigenvalue weighted by Gasteiger charge is -2.21. The molecule has 0 spiro atoms. The molecule has 1 unspecified atom stereocenters. The summed E-state index contributed by atoms with van der Waals surface area (Å²) in [5, 5.41) is 0. The number of nitrogens with two attached hydrogens (primary N) is 1. The van der Waals surface area contributed by atoms with Crippen molar-refractivity contribution in [3.05, 3.63) is 29.3 Å². The molecule has 0 saturated carbocycles. The van der Waals surface area contributed by atoms with Gasteiger partial charge in [0.25, 0.3) is 0 Å². The molecular weight excluding hydrogens is 208 g/mol. The van der Waals surface area contributed by atoms with Gasteiger partial charge in [-0.1, -0.05) is 13.0 Å². The fourth-order valence-electron chi connectivity index (χ4n) is 2.09. The van der Waals surface area contributed by atoms with E-state index in [4.69, 9.17) is 5.73 Å². The van der Waals surface area contributed by atoms with Crippen molar-refractivity contribution >= 4 is 5.69 Å². The van der Waals surface area contributed by atoms with E-state index in [1.54, 1.807) is 0 Å². The molecule has 1 aromatic rings. The Kier molecular flexibility index (Phi) is 5.49. The number of aryl methyl sites for hydroxylation is 2. The van der Waals surface area contributed by atoms with E-state index in [9.17, 15) is 0 Å². The van der Waals surface area contributed by atoms with Crippen LogP contribution in [-0.2, 0) is 0 Å². The number of hydrogen-bond donors (Lipinski definition) is 1. The molecule has 2 N–H and O–H groups in total. The van der Waals surface area contributed by atoms with Crippen molar-refractivity contribution in [2.45, 2.75) is 46.1 Å². The minimum atomic E-state index is 0.364. The lowest BCUT2D eigenvalue weighted by molar-refractivity contribution is 0.568. The van der Waals surface area contributed by atoms with Gasteiger partial charge in [-0.15, -0.1) is 0 Å². The van der Waals surface area contributed by atoms with Crippen molar-refractivity contribution in [1.29, 1.82) is 0 Å². The first-order valence-electron chi connectivity index (χ1n) is 6.58. The van der Waals surface area contributed by atoms with Crippen LogP contribution in [0, 0.1) is 13.8 Å². The van der Waals surface area contributed by atoms with E-state index < -0.39 is 0 Å². The third-order valence-electron chi connectivity index (χ3n) is 3.24. The zero-order valence-electron chi connectivity index (χ0n) is 11.7. The van der Waals surface area contributed by atoms with Gasteiger partial charge in [-0.3, -0.25) is 0 Å². The maximum absolute atomic E-state index is 5.93. The zero-order valence-corrected chi connectivity index (χ0v) is 11.7. The van der Waals surface area contributed by atoms with E-state index in [1.165, 1.54) is 23.2 Å². The molecule has 2 nitrogen and oxygen atoms in total. The molecule has 0 aliphatic heterocycles. The first-order chi connectivity index (χ1) is 8.02. The molecule has 1 atom stereocenters. The molecule has 1 rings (SSSR count). The third-order valence-corrected chi connectivity index (χ3v) is 3.24. The molecule has 0 amide bonds. The fourth-order valence-corrected chi connectivity index (χ4v) is 2.09. The van der Waals surface area contributed by atoms with Gasteiger partial charge in [0, 0.05) is 25.3 Å². The standard InChI is InChI=1S/C15H26N2/c1-5-14(16)7-6-8-17(4)15-10-12(2)9-13(3)11-15/h9-11,14H,5-8,16H2,1-4H3. The largest absolute Gasteiger partial charge is 0.375 e. The molecule has 0 aliphatic rings. The number of hydrogen-bond acceptors (Lipinski definition) is 2. The highest BCUT2D eigenvalue weighted by Crippen LogP contribution is 2.18. The van der Waals surface area contributed by atoms with Crippen molar-refractivity contribution in [2.24, 2.45) is 5.73 Å². The van der Waals surface area contributed by atoms with Gasteiger partial charge < -0.3 is 10.6 Å². The van der Waals surface area contributed by atoms with Gasteiger partial charge in [0.2, 0.25) is 0 Å². The molecule has 0 saturated heterocycles. The van der Waals surface area contributed by atoms with Crippen LogP contribution in [0.25, 0.3) is 0 Å². The minimum Gasteiger partial charge on any atom is -0.375 e. The number of anilines is 1. The van der Waals surface area contributed by atoms with Crippen LogP contribution in [0.1, 0.15) is 37.3 Å². The van der Waals surface area contributed by atoms with Gasteiger partial charge in [-0.25, -0.2) is 0 Å². The maximum Gasteiger partial charge on any atom is 0.0368 e. The topological polar surface area (TPSA) is 29.3 Å². The summed E-state index contributed by atoms with van der Waals surface area (Å²) in [7, 11) is 2.16. The summed E-state index contributed by atoms with van der Waals surface area (Å²) in [6.07, 6.45) is 3.36. The fraction of sp³-hybridized carbons (Fsp3) is 0.600. The van der Waals surface area contributed by atoms with Crippen LogP contribution in [0.15, 0.2) is 18.2 Å². The summed E-state index contributed by atoms with van der Waals surface area (Å²) in [5.74, 6) is 0. The Balaban J connectivity index is 2.49. The lowest BCUT2D eigenvalue weighted by atomic mass is 10.1. The average molecular weight is 234 g/mol. The summed E-state index contributed by atoms with van der Waals surface area (Å²) in [6, 6.07) is 7.06. The zero-order chi connectivity index (χ0) is 12.8. The Labute approximate surface area is 106 Å². The van der Waals surface area contributed by atoms with E-state index >= 15 is 0 Å². The predicted octanol–water partition coefficient (Wildman–Crippen LogP) is 3.26. The first-order valence-corrected chi connectivity index (χ1v) is 6.58. The normalized spacial score (nSPS) is 12.5. The second-order valence-corrected chi connectivity index (χ2v) is 5.08. The molecule has 2 heteroatoms. The second-order valence-electron chi connectivity index (χ2n) is 5.08. The van der Waals surface area contributed by atoms with Crippen LogP contribution in [0.4, 0.5) is 5.69 Å². The van der Waals surface area contributed by atoms with Gasteiger partial charge in [-0.05, 0) is 56.4 Å². The molecular formula is C15H26N2. The highest BCUT2D eigenvalue weighted by atomic mass is 15.1. The number of benzene rings is 1. The Morgan fingerprint density at radius 2 is 1.76 bits per heavy atom. The Morgan fingerprint density at radius 3 is 2.29 bits per heavy atom. The van der Waals surface area contributed by atoms with Crippen molar-refractivity contribution in [2.75, 3.05) is 18.5 Å². The molecule has 1 aromatic carbocycles. The quantitative estimate of drug-likeness (QED) is 0.818. The third kappa shape index (κ3) is 4.78. The summed E-state index contributed by atoms with van der Waals surface area (Å²) < 4.78 is 0. The second kappa shape index (κ2) is 6.65. The number of nitrogens with zero attached hydrogens (tertiary/aromatic N) is 1. The van der Waals surface area contributed by atoms with Crippen molar-refractivity contribution in [3.63, 3.8) is 0 Å². The summed E-state index contributed by atoms with van der Waals surface area (Å²) in [6.45, 7) is 7.53. The predicted molar refractivity (Wildman–Crippen MR) is 76.7 cm³/mol. The van der Waals surface area contributed by atoms with E-state index in [-0.39, 0.29) is 0 Å². The summed E-state index contributed by atoms with van der Waals surface area (Å²) >= 11 is 0. The van der Waals surface area contributed by atoms with Crippen LogP contribution in [0.5, 0.6) is 0 Å². The molecule has 0 radical (unpaired) electrons. The van der Waals surface area contributed by atoms with Crippen LogP contribution in [0.2, 0.25) is 0 Å². The minimum absolute atomic E-state index is 0.364. The molecule has 96 valence electrons. The molecule has 0 fully saturated rings. The van der Waals surface area contributed by atoms with Crippen LogP contribution < -0.4 is 10.6 Å². The van der Waals surface area contributed by atoms with E-state index in [2.05, 4.69) is 50.9 Å². The van der Waals surface area contributed by atoms with Crippen LogP contribution >= 0.6 is 0 Å².